The van der Waals surface area contributed by atoms with Crippen molar-refractivity contribution < 1.29 is 14.4 Å². The SMILES string of the molecule is CC(=O)Nc1ccc(C(=O)N2CCN(c3ccc(Cl)nn3)C(=O)C2)cc1. The fourth-order valence-corrected chi connectivity index (χ4v) is 2.72. The van der Waals surface area contributed by atoms with Crippen molar-refractivity contribution in [1.29, 1.82) is 0 Å². The van der Waals surface area contributed by atoms with E-state index in [4.69, 9.17) is 11.6 Å². The van der Waals surface area contributed by atoms with Gasteiger partial charge in [-0.15, -0.1) is 10.2 Å². The number of piperazine rings is 1. The first kappa shape index (κ1) is 17.8. The monoisotopic (exact) mass is 373 g/mol. The molecule has 3 amide bonds. The van der Waals surface area contributed by atoms with Crippen LogP contribution in [0.1, 0.15) is 17.3 Å². The summed E-state index contributed by atoms with van der Waals surface area (Å²) in [4.78, 5) is 39.0. The molecule has 0 spiro atoms. The van der Waals surface area contributed by atoms with Crippen LogP contribution in [0.15, 0.2) is 36.4 Å². The number of halogens is 1. The van der Waals surface area contributed by atoms with Crippen molar-refractivity contribution in [3.63, 3.8) is 0 Å². The fourth-order valence-electron chi connectivity index (χ4n) is 2.62. The number of aromatic nitrogens is 2. The minimum atomic E-state index is -0.241. The van der Waals surface area contributed by atoms with Crippen molar-refractivity contribution in [3.8, 4) is 0 Å². The number of amides is 3. The van der Waals surface area contributed by atoms with E-state index in [1.165, 1.54) is 16.7 Å². The molecule has 8 nitrogen and oxygen atoms in total. The topological polar surface area (TPSA) is 95.5 Å². The molecule has 26 heavy (non-hydrogen) atoms. The molecule has 1 fully saturated rings. The zero-order valence-corrected chi connectivity index (χ0v) is 14.7. The van der Waals surface area contributed by atoms with Crippen LogP contribution in [0.3, 0.4) is 0 Å². The van der Waals surface area contributed by atoms with E-state index in [1.807, 2.05) is 0 Å². The van der Waals surface area contributed by atoms with E-state index in [1.54, 1.807) is 36.4 Å². The molecule has 0 unspecified atom stereocenters. The van der Waals surface area contributed by atoms with E-state index < -0.39 is 0 Å². The molecule has 1 N–H and O–H groups in total. The van der Waals surface area contributed by atoms with Gasteiger partial charge in [0.05, 0.1) is 0 Å². The number of nitrogens with zero attached hydrogens (tertiary/aromatic N) is 4. The van der Waals surface area contributed by atoms with E-state index in [9.17, 15) is 14.4 Å². The molecule has 2 heterocycles. The van der Waals surface area contributed by atoms with Gasteiger partial charge in [0.15, 0.2) is 11.0 Å². The summed E-state index contributed by atoms with van der Waals surface area (Å²) in [6.45, 7) is 2.07. The number of carbonyl (C=O) groups excluding carboxylic acids is 3. The second-order valence-electron chi connectivity index (χ2n) is 5.74. The average molecular weight is 374 g/mol. The van der Waals surface area contributed by atoms with Gasteiger partial charge in [-0.05, 0) is 36.4 Å². The second kappa shape index (κ2) is 7.49. The highest BCUT2D eigenvalue weighted by atomic mass is 35.5. The summed E-state index contributed by atoms with van der Waals surface area (Å²) in [7, 11) is 0. The van der Waals surface area contributed by atoms with Crippen LogP contribution in [-0.2, 0) is 9.59 Å². The lowest BCUT2D eigenvalue weighted by molar-refractivity contribution is -0.120. The van der Waals surface area contributed by atoms with Gasteiger partial charge in [-0.2, -0.15) is 0 Å². The Kier molecular flexibility index (Phi) is 5.13. The van der Waals surface area contributed by atoms with Gasteiger partial charge in [-0.25, -0.2) is 0 Å². The lowest BCUT2D eigenvalue weighted by Crippen LogP contribution is -2.52. The third kappa shape index (κ3) is 3.97. The van der Waals surface area contributed by atoms with Crippen LogP contribution in [-0.4, -0.2) is 52.5 Å². The van der Waals surface area contributed by atoms with Crippen molar-refractivity contribution in [2.75, 3.05) is 29.9 Å². The molecular weight excluding hydrogens is 358 g/mol. The number of hydrogen-bond acceptors (Lipinski definition) is 5. The zero-order valence-electron chi connectivity index (χ0n) is 14.0. The zero-order chi connectivity index (χ0) is 18.7. The Bertz CT molecular complexity index is 838. The molecule has 1 aliphatic heterocycles. The summed E-state index contributed by atoms with van der Waals surface area (Å²) in [5.41, 5.74) is 1.06. The number of hydrogen-bond donors (Lipinski definition) is 1. The molecule has 1 saturated heterocycles. The Balaban J connectivity index is 1.66. The average Bonchev–Trinajstić information content (AvgIpc) is 2.62. The minimum Gasteiger partial charge on any atom is -0.328 e. The predicted octanol–water partition coefficient (Wildman–Crippen LogP) is 1.58. The quantitative estimate of drug-likeness (QED) is 0.881. The Morgan fingerprint density at radius 3 is 2.38 bits per heavy atom. The normalized spacial score (nSPS) is 14.3. The highest BCUT2D eigenvalue weighted by molar-refractivity contribution is 6.29. The number of nitrogens with one attached hydrogen (secondary N) is 1. The summed E-state index contributed by atoms with van der Waals surface area (Å²) in [5, 5.41) is 10.5. The molecule has 0 aliphatic carbocycles. The van der Waals surface area contributed by atoms with Crippen molar-refractivity contribution in [1.82, 2.24) is 15.1 Å². The molecule has 0 bridgehead atoms. The summed E-state index contributed by atoms with van der Waals surface area (Å²) in [6, 6.07) is 9.72. The summed E-state index contributed by atoms with van der Waals surface area (Å²) >= 11 is 5.71. The largest absolute Gasteiger partial charge is 0.328 e. The predicted molar refractivity (Wildman–Crippen MR) is 96.0 cm³/mol. The van der Waals surface area contributed by atoms with Gasteiger partial charge in [0, 0.05) is 31.3 Å². The molecule has 3 rings (SSSR count). The Morgan fingerprint density at radius 1 is 1.08 bits per heavy atom. The molecule has 9 heteroatoms. The number of anilines is 2. The summed E-state index contributed by atoms with van der Waals surface area (Å²) in [6.07, 6.45) is 0. The van der Waals surface area contributed by atoms with Gasteiger partial charge in [0.1, 0.15) is 6.54 Å². The van der Waals surface area contributed by atoms with Crippen molar-refractivity contribution >= 4 is 40.8 Å². The Labute approximate surface area is 154 Å². The standard InChI is InChI=1S/C17H16ClN5O3/c1-11(24)19-13-4-2-12(3-5-13)17(26)22-8-9-23(16(25)10-22)15-7-6-14(18)20-21-15/h2-7H,8-10H2,1H3,(H,19,24). The van der Waals surface area contributed by atoms with Crippen LogP contribution in [0.25, 0.3) is 0 Å². The maximum Gasteiger partial charge on any atom is 0.254 e. The number of rotatable bonds is 3. The van der Waals surface area contributed by atoms with Crippen LogP contribution < -0.4 is 10.2 Å². The Morgan fingerprint density at radius 2 is 1.81 bits per heavy atom. The Hall–Kier alpha value is -3.00. The highest BCUT2D eigenvalue weighted by Gasteiger charge is 2.29. The van der Waals surface area contributed by atoms with Crippen LogP contribution in [0.5, 0.6) is 0 Å². The molecule has 1 aromatic heterocycles. The molecule has 0 atom stereocenters. The summed E-state index contributed by atoms with van der Waals surface area (Å²) < 4.78 is 0. The van der Waals surface area contributed by atoms with E-state index in [2.05, 4.69) is 15.5 Å². The lowest BCUT2D eigenvalue weighted by Gasteiger charge is -2.33. The lowest BCUT2D eigenvalue weighted by atomic mass is 10.1. The fraction of sp³-hybridized carbons (Fsp3) is 0.235. The van der Waals surface area contributed by atoms with Crippen molar-refractivity contribution in [2.24, 2.45) is 0 Å². The first-order valence-corrected chi connectivity index (χ1v) is 8.28. The van der Waals surface area contributed by atoms with Gasteiger partial charge in [-0.1, -0.05) is 11.6 Å². The van der Waals surface area contributed by atoms with Gasteiger partial charge < -0.3 is 10.2 Å². The third-order valence-electron chi connectivity index (χ3n) is 3.85. The highest BCUT2D eigenvalue weighted by Crippen LogP contribution is 2.17. The maximum absolute atomic E-state index is 12.6. The maximum atomic E-state index is 12.6. The van der Waals surface area contributed by atoms with Gasteiger partial charge >= 0.3 is 0 Å². The van der Waals surface area contributed by atoms with Gasteiger partial charge in [-0.3, -0.25) is 19.3 Å². The van der Waals surface area contributed by atoms with E-state index in [0.717, 1.165) is 0 Å². The molecule has 0 radical (unpaired) electrons. The van der Waals surface area contributed by atoms with Crippen LogP contribution >= 0.6 is 11.6 Å². The van der Waals surface area contributed by atoms with E-state index in [-0.39, 0.29) is 29.4 Å². The molecule has 1 aromatic carbocycles. The molecule has 2 aromatic rings. The first-order chi connectivity index (χ1) is 12.4. The number of benzene rings is 1. The smallest absolute Gasteiger partial charge is 0.254 e. The minimum absolute atomic E-state index is 0.0451. The van der Waals surface area contributed by atoms with Crippen LogP contribution in [0.4, 0.5) is 11.5 Å². The third-order valence-corrected chi connectivity index (χ3v) is 4.06. The molecular formula is C17H16ClN5O3. The van der Waals surface area contributed by atoms with Gasteiger partial charge in [0.2, 0.25) is 11.8 Å². The molecule has 0 saturated carbocycles. The van der Waals surface area contributed by atoms with E-state index in [0.29, 0.717) is 30.2 Å². The van der Waals surface area contributed by atoms with Crippen LogP contribution in [0.2, 0.25) is 5.15 Å². The summed E-state index contributed by atoms with van der Waals surface area (Å²) in [5.74, 6) is -0.257. The molecule has 1 aliphatic rings. The first-order valence-electron chi connectivity index (χ1n) is 7.90. The second-order valence-corrected chi connectivity index (χ2v) is 6.13. The van der Waals surface area contributed by atoms with E-state index >= 15 is 0 Å². The molecule has 134 valence electrons. The number of carbonyl (C=O) groups is 3. The van der Waals surface area contributed by atoms with Crippen molar-refractivity contribution in [3.05, 3.63) is 47.1 Å². The van der Waals surface area contributed by atoms with Crippen LogP contribution in [0, 0.1) is 0 Å². The van der Waals surface area contributed by atoms with Crippen molar-refractivity contribution in [2.45, 2.75) is 6.92 Å². The van der Waals surface area contributed by atoms with Gasteiger partial charge in [0.25, 0.3) is 5.91 Å².